The van der Waals surface area contributed by atoms with E-state index in [2.05, 4.69) is 0 Å². The molecule has 0 aliphatic heterocycles. The Balaban J connectivity index is 2.35. The molecule has 7 nitrogen and oxygen atoms in total. The van der Waals surface area contributed by atoms with Crippen molar-refractivity contribution in [3.63, 3.8) is 0 Å². The number of benzene rings is 1. The second kappa shape index (κ2) is 12.6. The maximum Gasteiger partial charge on any atom is 0.355 e. The SMILES string of the molecule is CCOCCCN(CC(=O)c1c(C)c(C(=O)OCC)n(CC)c1C)C(=O)c1ccc(Cl)cc1. The van der Waals surface area contributed by atoms with Gasteiger partial charge in [0.05, 0.1) is 13.2 Å². The topological polar surface area (TPSA) is 77.8 Å². The van der Waals surface area contributed by atoms with E-state index in [1.165, 1.54) is 4.90 Å². The molecule has 0 radical (unpaired) electrons. The Morgan fingerprint density at radius 1 is 1.03 bits per heavy atom. The van der Waals surface area contributed by atoms with Crippen LogP contribution in [-0.4, -0.2) is 60.0 Å². The largest absolute Gasteiger partial charge is 0.461 e. The Kier molecular flexibility index (Phi) is 10.1. The molecule has 2 rings (SSSR count). The van der Waals surface area contributed by atoms with Gasteiger partial charge in [-0.3, -0.25) is 9.59 Å². The molecule has 0 saturated carbocycles. The number of ether oxygens (including phenoxy) is 2. The van der Waals surface area contributed by atoms with Crippen LogP contribution in [0.1, 0.15) is 69.7 Å². The van der Waals surface area contributed by atoms with E-state index in [9.17, 15) is 14.4 Å². The summed E-state index contributed by atoms with van der Waals surface area (Å²) in [4.78, 5) is 40.7. The van der Waals surface area contributed by atoms with Crippen LogP contribution in [0, 0.1) is 13.8 Å². The van der Waals surface area contributed by atoms with Crippen molar-refractivity contribution in [1.29, 1.82) is 0 Å². The van der Waals surface area contributed by atoms with Gasteiger partial charge in [0, 0.05) is 48.1 Å². The molecule has 180 valence electrons. The number of ketones is 1. The fourth-order valence-electron chi connectivity index (χ4n) is 3.95. The van der Waals surface area contributed by atoms with E-state index < -0.39 is 5.97 Å². The Bertz CT molecular complexity index is 982. The van der Waals surface area contributed by atoms with Crippen LogP contribution < -0.4 is 0 Å². The summed E-state index contributed by atoms with van der Waals surface area (Å²) < 4.78 is 12.4. The van der Waals surface area contributed by atoms with Crippen molar-refractivity contribution in [2.45, 2.75) is 47.6 Å². The summed E-state index contributed by atoms with van der Waals surface area (Å²) in [5.41, 5.74) is 2.56. The summed E-state index contributed by atoms with van der Waals surface area (Å²) in [5.74, 6) is -0.932. The van der Waals surface area contributed by atoms with Gasteiger partial charge in [-0.15, -0.1) is 0 Å². The van der Waals surface area contributed by atoms with Crippen molar-refractivity contribution in [3.05, 3.63) is 57.4 Å². The Labute approximate surface area is 200 Å². The highest BCUT2D eigenvalue weighted by atomic mass is 35.5. The number of amides is 1. The average Bonchev–Trinajstić information content (AvgIpc) is 3.05. The second-order valence-corrected chi connectivity index (χ2v) is 8.04. The highest BCUT2D eigenvalue weighted by Gasteiger charge is 2.28. The van der Waals surface area contributed by atoms with Gasteiger partial charge in [0.1, 0.15) is 5.69 Å². The number of aromatic nitrogens is 1. The lowest BCUT2D eigenvalue weighted by Crippen LogP contribution is -2.37. The smallest absolute Gasteiger partial charge is 0.355 e. The molecule has 0 aliphatic carbocycles. The number of carbonyl (C=O) groups is 3. The number of hydrogen-bond donors (Lipinski definition) is 0. The number of esters is 1. The first-order valence-electron chi connectivity index (χ1n) is 11.3. The number of hydrogen-bond acceptors (Lipinski definition) is 5. The van der Waals surface area contributed by atoms with Gasteiger partial charge in [-0.2, -0.15) is 0 Å². The minimum Gasteiger partial charge on any atom is -0.461 e. The first-order chi connectivity index (χ1) is 15.8. The monoisotopic (exact) mass is 476 g/mol. The fourth-order valence-corrected chi connectivity index (χ4v) is 4.07. The standard InChI is InChI=1S/C25H33ClN2O5/c1-6-28-18(5)22(17(4)23(28)25(31)33-8-3)21(29)16-27(14-9-15-32-7-2)24(30)19-10-12-20(26)13-11-19/h10-13H,6-9,14-16H2,1-5H3. The highest BCUT2D eigenvalue weighted by Crippen LogP contribution is 2.24. The van der Waals surface area contributed by atoms with Crippen molar-refractivity contribution < 1.29 is 23.9 Å². The maximum atomic E-state index is 13.4. The summed E-state index contributed by atoms with van der Waals surface area (Å²) in [7, 11) is 0. The summed E-state index contributed by atoms with van der Waals surface area (Å²) in [6, 6.07) is 6.59. The predicted molar refractivity (Wildman–Crippen MR) is 128 cm³/mol. The van der Waals surface area contributed by atoms with Gasteiger partial charge in [-0.05, 0) is 70.9 Å². The van der Waals surface area contributed by atoms with Gasteiger partial charge in [-0.1, -0.05) is 11.6 Å². The molecule has 0 N–H and O–H groups in total. The minimum absolute atomic E-state index is 0.106. The number of halogens is 1. The zero-order valence-electron chi connectivity index (χ0n) is 20.1. The van der Waals surface area contributed by atoms with Crippen LogP contribution in [0.3, 0.4) is 0 Å². The summed E-state index contributed by atoms with van der Waals surface area (Å²) in [6.07, 6.45) is 0.600. The third-order valence-corrected chi connectivity index (χ3v) is 5.72. The lowest BCUT2D eigenvalue weighted by atomic mass is 10.0. The van der Waals surface area contributed by atoms with Gasteiger partial charge < -0.3 is 18.9 Å². The molecule has 0 atom stereocenters. The van der Waals surface area contributed by atoms with Gasteiger partial charge in [0.2, 0.25) is 0 Å². The maximum absolute atomic E-state index is 13.4. The first-order valence-corrected chi connectivity index (χ1v) is 11.7. The van der Waals surface area contributed by atoms with Crippen molar-refractivity contribution in [2.75, 3.05) is 32.9 Å². The van der Waals surface area contributed by atoms with Crippen molar-refractivity contribution >= 4 is 29.3 Å². The lowest BCUT2D eigenvalue weighted by molar-refractivity contribution is 0.0512. The molecule has 0 saturated heterocycles. The number of nitrogens with zero attached hydrogens (tertiary/aromatic N) is 2. The van der Waals surface area contributed by atoms with E-state index >= 15 is 0 Å². The van der Waals surface area contributed by atoms with E-state index in [4.69, 9.17) is 21.1 Å². The second-order valence-electron chi connectivity index (χ2n) is 7.61. The Morgan fingerprint density at radius 2 is 1.70 bits per heavy atom. The van der Waals surface area contributed by atoms with Crippen LogP contribution in [-0.2, 0) is 16.0 Å². The van der Waals surface area contributed by atoms with E-state index in [-0.39, 0.29) is 24.8 Å². The first kappa shape index (κ1) is 26.6. The average molecular weight is 477 g/mol. The van der Waals surface area contributed by atoms with Gasteiger partial charge in [-0.25, -0.2) is 4.79 Å². The zero-order chi connectivity index (χ0) is 24.5. The van der Waals surface area contributed by atoms with E-state index in [1.54, 1.807) is 42.7 Å². The molecule has 1 heterocycles. The molecule has 33 heavy (non-hydrogen) atoms. The van der Waals surface area contributed by atoms with Crippen LogP contribution in [0.15, 0.2) is 24.3 Å². The number of rotatable bonds is 12. The molecule has 8 heteroatoms. The summed E-state index contributed by atoms with van der Waals surface area (Å²) in [5, 5.41) is 0.532. The number of Topliss-reactive ketones (excluding diaryl/α,β-unsaturated/α-hetero) is 1. The highest BCUT2D eigenvalue weighted by molar-refractivity contribution is 6.30. The molecule has 1 aromatic heterocycles. The van der Waals surface area contributed by atoms with E-state index in [0.29, 0.717) is 65.8 Å². The third kappa shape index (κ3) is 6.45. The minimum atomic E-state index is -0.454. The van der Waals surface area contributed by atoms with Crippen LogP contribution >= 0.6 is 11.6 Å². The molecule has 1 aromatic carbocycles. The molecule has 0 fully saturated rings. The van der Waals surface area contributed by atoms with Crippen LogP contribution in [0.4, 0.5) is 0 Å². The van der Waals surface area contributed by atoms with E-state index in [1.807, 2.05) is 20.8 Å². The predicted octanol–water partition coefficient (Wildman–Crippen LogP) is 4.71. The summed E-state index contributed by atoms with van der Waals surface area (Å²) in [6.45, 7) is 11.2. The fraction of sp³-hybridized carbons (Fsp3) is 0.480. The molecule has 2 aromatic rings. The normalized spacial score (nSPS) is 10.8. The molecule has 1 amide bonds. The van der Waals surface area contributed by atoms with Crippen LogP contribution in [0.5, 0.6) is 0 Å². The van der Waals surface area contributed by atoms with Crippen LogP contribution in [0.2, 0.25) is 5.02 Å². The van der Waals surface area contributed by atoms with Gasteiger partial charge in [0.25, 0.3) is 5.91 Å². The van der Waals surface area contributed by atoms with Gasteiger partial charge in [0.15, 0.2) is 5.78 Å². The van der Waals surface area contributed by atoms with Crippen molar-refractivity contribution in [2.24, 2.45) is 0 Å². The molecular formula is C25H33ClN2O5. The zero-order valence-corrected chi connectivity index (χ0v) is 20.8. The molecule has 0 aliphatic rings. The third-order valence-electron chi connectivity index (χ3n) is 5.46. The summed E-state index contributed by atoms with van der Waals surface area (Å²) >= 11 is 5.96. The lowest BCUT2D eigenvalue weighted by Gasteiger charge is -2.22. The quantitative estimate of drug-likeness (QED) is 0.252. The Morgan fingerprint density at radius 3 is 2.27 bits per heavy atom. The van der Waals surface area contributed by atoms with Gasteiger partial charge >= 0.3 is 5.97 Å². The van der Waals surface area contributed by atoms with E-state index in [0.717, 1.165) is 0 Å². The van der Waals surface area contributed by atoms with Crippen LogP contribution in [0.25, 0.3) is 0 Å². The number of carbonyl (C=O) groups excluding carboxylic acids is 3. The Hall–Kier alpha value is -2.64. The molecule has 0 unspecified atom stereocenters. The van der Waals surface area contributed by atoms with Crippen molar-refractivity contribution in [3.8, 4) is 0 Å². The molecule has 0 bridgehead atoms. The van der Waals surface area contributed by atoms with Crippen molar-refractivity contribution in [1.82, 2.24) is 9.47 Å². The molecule has 0 spiro atoms. The molecular weight excluding hydrogens is 444 g/mol.